The van der Waals surface area contributed by atoms with E-state index in [1.165, 1.54) is 4.90 Å². The zero-order chi connectivity index (χ0) is 19.4. The van der Waals surface area contributed by atoms with Gasteiger partial charge in [-0.2, -0.15) is 0 Å². The van der Waals surface area contributed by atoms with Crippen LogP contribution in [0.25, 0.3) is 0 Å². The predicted octanol–water partition coefficient (Wildman–Crippen LogP) is 4.13. The van der Waals surface area contributed by atoms with Crippen LogP contribution in [0, 0.1) is 23.7 Å². The van der Waals surface area contributed by atoms with E-state index in [0.717, 1.165) is 19.3 Å². The van der Waals surface area contributed by atoms with E-state index in [0.29, 0.717) is 33.8 Å². The molecule has 1 N–H and O–H groups in total. The van der Waals surface area contributed by atoms with Crippen molar-refractivity contribution < 1.29 is 14.4 Å². The molecule has 5 nitrogen and oxygen atoms in total. The summed E-state index contributed by atoms with van der Waals surface area (Å²) >= 11 is 6.10. The molecule has 1 aliphatic heterocycles. The quantitative estimate of drug-likeness (QED) is 0.796. The first kappa shape index (κ1) is 17.4. The third kappa shape index (κ3) is 2.57. The molecule has 2 bridgehead atoms. The Morgan fingerprint density at radius 1 is 0.964 bits per heavy atom. The molecule has 6 heteroatoms. The molecule has 3 fully saturated rings. The van der Waals surface area contributed by atoms with Gasteiger partial charge in [-0.25, -0.2) is 0 Å². The Bertz CT molecular complexity index is 977. The zero-order valence-corrected chi connectivity index (χ0v) is 15.9. The summed E-state index contributed by atoms with van der Waals surface area (Å²) in [4.78, 5) is 39.9. The Kier molecular flexibility index (Phi) is 4.02. The zero-order valence-electron chi connectivity index (χ0n) is 15.1. The predicted molar refractivity (Wildman–Crippen MR) is 106 cm³/mol. The van der Waals surface area contributed by atoms with Crippen molar-refractivity contribution in [2.45, 2.75) is 19.3 Å². The summed E-state index contributed by atoms with van der Waals surface area (Å²) in [7, 11) is 0. The molecular formula is C22H19ClN2O3. The number of fused-ring (bicyclic) bond motifs is 5. The van der Waals surface area contributed by atoms with Crippen LogP contribution in [0.2, 0.25) is 5.02 Å². The number of hydrogen-bond donors (Lipinski definition) is 1. The third-order valence-corrected chi connectivity index (χ3v) is 6.75. The summed E-state index contributed by atoms with van der Waals surface area (Å²) in [6.07, 6.45) is 3.08. The summed E-state index contributed by atoms with van der Waals surface area (Å²) in [6, 6.07) is 13.7. The lowest BCUT2D eigenvalue weighted by Gasteiger charge is -2.19. The number of carbonyl (C=O) groups is 3. The lowest BCUT2D eigenvalue weighted by Crippen LogP contribution is -2.33. The summed E-state index contributed by atoms with van der Waals surface area (Å²) in [5.74, 6) is -0.226. The van der Waals surface area contributed by atoms with Gasteiger partial charge in [0.2, 0.25) is 11.8 Å². The first-order valence-electron chi connectivity index (χ1n) is 9.58. The highest BCUT2D eigenvalue weighted by Gasteiger charge is 2.61. The van der Waals surface area contributed by atoms with Gasteiger partial charge >= 0.3 is 0 Å². The van der Waals surface area contributed by atoms with Crippen molar-refractivity contribution in [3.63, 3.8) is 0 Å². The standard InChI is InChI=1S/C22H19ClN2O3/c23-16-6-1-2-7-17(16)24-20(26)14-4-3-5-15(11-14)25-21(27)18-12-8-9-13(10-12)19(18)22(25)28/h1-7,11-13,18-19H,8-10H2,(H,24,26). The third-order valence-electron chi connectivity index (χ3n) is 6.42. The molecule has 4 atom stereocenters. The minimum Gasteiger partial charge on any atom is -0.321 e. The lowest BCUT2D eigenvalue weighted by atomic mass is 9.81. The largest absolute Gasteiger partial charge is 0.321 e. The van der Waals surface area contributed by atoms with E-state index in [1.807, 2.05) is 0 Å². The molecule has 5 rings (SSSR count). The Hall–Kier alpha value is -2.66. The van der Waals surface area contributed by atoms with Crippen LogP contribution in [0.3, 0.4) is 0 Å². The number of imide groups is 1. The number of anilines is 2. The minimum atomic E-state index is -0.339. The number of nitrogens with one attached hydrogen (secondary N) is 1. The van der Waals surface area contributed by atoms with Gasteiger partial charge in [-0.1, -0.05) is 29.8 Å². The Balaban J connectivity index is 1.42. The van der Waals surface area contributed by atoms with Gasteiger partial charge in [-0.05, 0) is 61.4 Å². The Morgan fingerprint density at radius 3 is 2.32 bits per heavy atom. The molecule has 4 unspecified atom stereocenters. The normalized spacial score (nSPS) is 28.0. The van der Waals surface area contributed by atoms with Crippen molar-refractivity contribution in [3.8, 4) is 0 Å². The fraction of sp³-hybridized carbons (Fsp3) is 0.318. The molecule has 2 saturated carbocycles. The monoisotopic (exact) mass is 394 g/mol. The maximum atomic E-state index is 13.0. The van der Waals surface area contributed by atoms with Crippen LogP contribution in [0.15, 0.2) is 48.5 Å². The highest BCUT2D eigenvalue weighted by Crippen LogP contribution is 2.56. The average molecular weight is 395 g/mol. The van der Waals surface area contributed by atoms with E-state index >= 15 is 0 Å². The van der Waals surface area contributed by atoms with Crippen molar-refractivity contribution in [3.05, 3.63) is 59.1 Å². The second kappa shape index (κ2) is 6.45. The van der Waals surface area contributed by atoms with Gasteiger partial charge in [-0.15, -0.1) is 0 Å². The molecular weight excluding hydrogens is 376 g/mol. The van der Waals surface area contributed by atoms with Crippen LogP contribution in [0.1, 0.15) is 29.6 Å². The van der Waals surface area contributed by atoms with Gasteiger partial charge in [0.1, 0.15) is 0 Å². The smallest absolute Gasteiger partial charge is 0.255 e. The fourth-order valence-electron chi connectivity index (χ4n) is 5.21. The van der Waals surface area contributed by atoms with E-state index < -0.39 is 0 Å². The number of halogens is 1. The molecule has 3 aliphatic rings. The van der Waals surface area contributed by atoms with Gasteiger partial charge in [0, 0.05) is 5.56 Å². The Morgan fingerprint density at radius 2 is 1.64 bits per heavy atom. The molecule has 1 saturated heterocycles. The first-order valence-corrected chi connectivity index (χ1v) is 9.96. The van der Waals surface area contributed by atoms with Crippen molar-refractivity contribution in [2.24, 2.45) is 23.7 Å². The molecule has 2 aromatic carbocycles. The number of carbonyl (C=O) groups excluding carboxylic acids is 3. The van der Waals surface area contributed by atoms with Crippen molar-refractivity contribution in [2.75, 3.05) is 10.2 Å². The number of nitrogens with zero attached hydrogens (tertiary/aromatic N) is 1. The molecule has 2 aromatic rings. The maximum absolute atomic E-state index is 13.0. The highest BCUT2D eigenvalue weighted by molar-refractivity contribution is 6.34. The highest BCUT2D eigenvalue weighted by atomic mass is 35.5. The number of para-hydroxylation sites is 1. The van der Waals surface area contributed by atoms with Gasteiger partial charge < -0.3 is 5.32 Å². The van der Waals surface area contributed by atoms with E-state index in [9.17, 15) is 14.4 Å². The molecule has 1 heterocycles. The topological polar surface area (TPSA) is 66.5 Å². The summed E-state index contributed by atoms with van der Waals surface area (Å²) in [5.41, 5.74) is 1.35. The van der Waals surface area contributed by atoms with Crippen LogP contribution in [-0.2, 0) is 9.59 Å². The SMILES string of the molecule is O=C(Nc1ccccc1Cl)c1cccc(N2C(=O)C3C4CCC(C4)C3C2=O)c1. The molecule has 0 aromatic heterocycles. The van der Waals surface area contributed by atoms with Gasteiger partial charge in [-0.3, -0.25) is 19.3 Å². The Labute approximate surface area is 167 Å². The van der Waals surface area contributed by atoms with E-state index in [4.69, 9.17) is 11.6 Å². The lowest BCUT2D eigenvalue weighted by molar-refractivity contribution is -0.123. The van der Waals surface area contributed by atoms with Crippen molar-refractivity contribution in [1.29, 1.82) is 0 Å². The number of amides is 3. The number of benzene rings is 2. The van der Waals surface area contributed by atoms with E-state index in [-0.39, 0.29) is 29.6 Å². The summed E-state index contributed by atoms with van der Waals surface area (Å²) < 4.78 is 0. The van der Waals surface area contributed by atoms with E-state index in [1.54, 1.807) is 48.5 Å². The minimum absolute atomic E-state index is 0.106. The van der Waals surface area contributed by atoms with Crippen LogP contribution in [-0.4, -0.2) is 17.7 Å². The molecule has 3 amide bonds. The van der Waals surface area contributed by atoms with E-state index in [2.05, 4.69) is 5.32 Å². The summed E-state index contributed by atoms with van der Waals surface area (Å²) in [6.45, 7) is 0. The molecule has 2 aliphatic carbocycles. The molecule has 142 valence electrons. The summed E-state index contributed by atoms with van der Waals surface area (Å²) in [5, 5.41) is 3.22. The fourth-order valence-corrected chi connectivity index (χ4v) is 5.39. The van der Waals surface area contributed by atoms with Crippen LogP contribution >= 0.6 is 11.6 Å². The van der Waals surface area contributed by atoms with Crippen LogP contribution < -0.4 is 10.2 Å². The first-order chi connectivity index (χ1) is 13.5. The number of rotatable bonds is 3. The second-order valence-corrected chi connectivity index (χ2v) is 8.29. The molecule has 0 spiro atoms. The number of hydrogen-bond acceptors (Lipinski definition) is 3. The molecule has 0 radical (unpaired) electrons. The average Bonchev–Trinajstić information content (AvgIpc) is 3.37. The van der Waals surface area contributed by atoms with Gasteiger partial charge in [0.25, 0.3) is 5.91 Å². The van der Waals surface area contributed by atoms with Crippen LogP contribution in [0.5, 0.6) is 0 Å². The van der Waals surface area contributed by atoms with Gasteiger partial charge in [0.05, 0.1) is 28.2 Å². The molecule has 28 heavy (non-hydrogen) atoms. The van der Waals surface area contributed by atoms with Gasteiger partial charge in [0.15, 0.2) is 0 Å². The van der Waals surface area contributed by atoms with Crippen molar-refractivity contribution >= 4 is 40.7 Å². The second-order valence-electron chi connectivity index (χ2n) is 7.88. The maximum Gasteiger partial charge on any atom is 0.255 e. The van der Waals surface area contributed by atoms with Crippen LogP contribution in [0.4, 0.5) is 11.4 Å². The van der Waals surface area contributed by atoms with Crippen molar-refractivity contribution in [1.82, 2.24) is 0 Å².